The van der Waals surface area contributed by atoms with Crippen LogP contribution in [-0.2, 0) is 4.79 Å². The van der Waals surface area contributed by atoms with E-state index >= 15 is 0 Å². The summed E-state index contributed by atoms with van der Waals surface area (Å²) in [7, 11) is 2.17. The second kappa shape index (κ2) is 5.64. The van der Waals surface area contributed by atoms with Gasteiger partial charge in [-0.3, -0.25) is 4.79 Å². The number of carbonyl (C=O) groups is 1. The molecule has 0 aliphatic carbocycles. The van der Waals surface area contributed by atoms with Crippen LogP contribution in [0.2, 0.25) is 0 Å². The van der Waals surface area contributed by atoms with Gasteiger partial charge in [0, 0.05) is 25.7 Å². The summed E-state index contributed by atoms with van der Waals surface area (Å²) < 4.78 is 0. The van der Waals surface area contributed by atoms with Crippen molar-refractivity contribution < 1.29 is 4.79 Å². The summed E-state index contributed by atoms with van der Waals surface area (Å²) in [6.45, 7) is 4.60. The highest BCUT2D eigenvalue weighted by atomic mass is 16.2. The van der Waals surface area contributed by atoms with E-state index in [1.165, 1.54) is 32.2 Å². The van der Waals surface area contributed by atoms with Gasteiger partial charge in [0.25, 0.3) is 0 Å². The number of amides is 1. The monoisotopic (exact) mass is 225 g/mol. The molecular formula is C12H23N3O. The van der Waals surface area contributed by atoms with Crippen molar-refractivity contribution in [3.8, 4) is 0 Å². The summed E-state index contributed by atoms with van der Waals surface area (Å²) in [5, 5.41) is 3.30. The Morgan fingerprint density at radius 2 is 2.00 bits per heavy atom. The van der Waals surface area contributed by atoms with Crippen LogP contribution in [0.25, 0.3) is 0 Å². The summed E-state index contributed by atoms with van der Waals surface area (Å²) in [6.07, 6.45) is 4.92. The Morgan fingerprint density at radius 3 is 2.62 bits per heavy atom. The van der Waals surface area contributed by atoms with Crippen LogP contribution in [0.1, 0.15) is 25.7 Å². The molecule has 0 aromatic carbocycles. The first-order chi connectivity index (χ1) is 7.77. The number of likely N-dealkylation sites (N-methyl/N-ethyl adjacent to an activating group) is 1. The van der Waals surface area contributed by atoms with Crippen molar-refractivity contribution in [2.75, 3.05) is 39.8 Å². The van der Waals surface area contributed by atoms with Crippen LogP contribution in [0.3, 0.4) is 0 Å². The van der Waals surface area contributed by atoms with Crippen molar-refractivity contribution in [2.45, 2.75) is 31.7 Å². The van der Waals surface area contributed by atoms with Gasteiger partial charge in [-0.2, -0.15) is 0 Å². The van der Waals surface area contributed by atoms with E-state index in [2.05, 4.69) is 17.3 Å². The summed E-state index contributed by atoms with van der Waals surface area (Å²) >= 11 is 0. The van der Waals surface area contributed by atoms with E-state index in [1.54, 1.807) is 0 Å². The standard InChI is InChI=1S/C12H23N3O/c1-14-6-4-5-11(14)9-13-10-12(16)15-7-2-3-8-15/h11,13H,2-10H2,1H3. The van der Waals surface area contributed by atoms with Crippen molar-refractivity contribution in [2.24, 2.45) is 0 Å². The van der Waals surface area contributed by atoms with Crippen LogP contribution in [0, 0.1) is 0 Å². The van der Waals surface area contributed by atoms with Crippen LogP contribution in [-0.4, -0.2) is 61.5 Å². The maximum absolute atomic E-state index is 11.8. The maximum atomic E-state index is 11.8. The molecular weight excluding hydrogens is 202 g/mol. The predicted molar refractivity (Wildman–Crippen MR) is 64.3 cm³/mol. The quantitative estimate of drug-likeness (QED) is 0.747. The maximum Gasteiger partial charge on any atom is 0.236 e. The Kier molecular flexibility index (Phi) is 4.18. The molecule has 0 bridgehead atoms. The third-order valence-corrected chi connectivity index (χ3v) is 3.79. The van der Waals surface area contributed by atoms with Crippen LogP contribution in [0.4, 0.5) is 0 Å². The molecule has 92 valence electrons. The largest absolute Gasteiger partial charge is 0.342 e. The highest BCUT2D eigenvalue weighted by Crippen LogP contribution is 2.13. The number of carbonyl (C=O) groups excluding carboxylic acids is 1. The normalized spacial score (nSPS) is 26.6. The minimum Gasteiger partial charge on any atom is -0.342 e. The average molecular weight is 225 g/mol. The Balaban J connectivity index is 1.61. The molecule has 0 spiro atoms. The molecule has 2 heterocycles. The van der Waals surface area contributed by atoms with Crippen molar-refractivity contribution >= 4 is 5.91 Å². The van der Waals surface area contributed by atoms with E-state index in [9.17, 15) is 4.79 Å². The number of likely N-dealkylation sites (tertiary alicyclic amines) is 2. The lowest BCUT2D eigenvalue weighted by molar-refractivity contribution is -0.129. The fourth-order valence-corrected chi connectivity index (χ4v) is 2.66. The van der Waals surface area contributed by atoms with Crippen molar-refractivity contribution in [3.05, 3.63) is 0 Å². The molecule has 2 saturated heterocycles. The number of hydrogen-bond acceptors (Lipinski definition) is 3. The van der Waals surface area contributed by atoms with Crippen LogP contribution >= 0.6 is 0 Å². The van der Waals surface area contributed by atoms with E-state index in [1.807, 2.05) is 4.90 Å². The molecule has 2 aliphatic rings. The average Bonchev–Trinajstić information content (AvgIpc) is 2.90. The zero-order valence-electron chi connectivity index (χ0n) is 10.2. The molecule has 2 rings (SSSR count). The molecule has 1 N–H and O–H groups in total. The smallest absolute Gasteiger partial charge is 0.236 e. The zero-order chi connectivity index (χ0) is 11.4. The molecule has 0 saturated carbocycles. The van der Waals surface area contributed by atoms with E-state index in [0.717, 1.165) is 19.6 Å². The van der Waals surface area contributed by atoms with Gasteiger partial charge in [0.1, 0.15) is 0 Å². The summed E-state index contributed by atoms with van der Waals surface area (Å²) in [5.41, 5.74) is 0. The predicted octanol–water partition coefficient (Wildman–Crippen LogP) is 0.293. The van der Waals surface area contributed by atoms with Gasteiger partial charge in [-0.15, -0.1) is 0 Å². The van der Waals surface area contributed by atoms with E-state index in [-0.39, 0.29) is 5.91 Å². The van der Waals surface area contributed by atoms with E-state index < -0.39 is 0 Å². The lowest BCUT2D eigenvalue weighted by Gasteiger charge is -2.21. The SMILES string of the molecule is CN1CCCC1CNCC(=O)N1CCCC1. The Labute approximate surface area is 98.0 Å². The van der Waals surface area contributed by atoms with Crippen LogP contribution < -0.4 is 5.32 Å². The van der Waals surface area contributed by atoms with Gasteiger partial charge in [0.15, 0.2) is 0 Å². The fraction of sp³-hybridized carbons (Fsp3) is 0.917. The minimum atomic E-state index is 0.276. The number of nitrogens with one attached hydrogen (secondary N) is 1. The van der Waals surface area contributed by atoms with Crippen LogP contribution in [0.5, 0.6) is 0 Å². The highest BCUT2D eigenvalue weighted by molar-refractivity contribution is 5.78. The molecule has 0 radical (unpaired) electrons. The first-order valence-electron chi connectivity index (χ1n) is 6.46. The molecule has 16 heavy (non-hydrogen) atoms. The topological polar surface area (TPSA) is 35.6 Å². The van der Waals surface area contributed by atoms with Gasteiger partial charge >= 0.3 is 0 Å². The highest BCUT2D eigenvalue weighted by Gasteiger charge is 2.21. The summed E-state index contributed by atoms with van der Waals surface area (Å²) in [4.78, 5) is 16.1. The van der Waals surface area contributed by atoms with Crippen molar-refractivity contribution in [3.63, 3.8) is 0 Å². The van der Waals surface area contributed by atoms with E-state index in [0.29, 0.717) is 12.6 Å². The summed E-state index contributed by atoms with van der Waals surface area (Å²) in [6, 6.07) is 0.631. The molecule has 2 fully saturated rings. The Bertz CT molecular complexity index is 238. The molecule has 1 unspecified atom stereocenters. The Hall–Kier alpha value is -0.610. The molecule has 1 amide bonds. The molecule has 4 nitrogen and oxygen atoms in total. The zero-order valence-corrected chi connectivity index (χ0v) is 10.2. The minimum absolute atomic E-state index is 0.276. The van der Waals surface area contributed by atoms with Gasteiger partial charge < -0.3 is 15.1 Å². The third kappa shape index (κ3) is 2.95. The van der Waals surface area contributed by atoms with Gasteiger partial charge in [0.2, 0.25) is 5.91 Å². The molecule has 0 aromatic rings. The third-order valence-electron chi connectivity index (χ3n) is 3.79. The molecule has 4 heteroatoms. The lowest BCUT2D eigenvalue weighted by Crippen LogP contribution is -2.41. The number of hydrogen-bond donors (Lipinski definition) is 1. The second-order valence-corrected chi connectivity index (χ2v) is 5.00. The first-order valence-corrected chi connectivity index (χ1v) is 6.46. The van der Waals surface area contributed by atoms with Gasteiger partial charge in [0.05, 0.1) is 6.54 Å². The summed E-state index contributed by atoms with van der Waals surface area (Å²) in [5.74, 6) is 0.276. The van der Waals surface area contributed by atoms with Crippen LogP contribution in [0.15, 0.2) is 0 Å². The second-order valence-electron chi connectivity index (χ2n) is 5.00. The Morgan fingerprint density at radius 1 is 1.25 bits per heavy atom. The van der Waals surface area contributed by atoms with E-state index in [4.69, 9.17) is 0 Å². The van der Waals surface area contributed by atoms with Gasteiger partial charge in [-0.25, -0.2) is 0 Å². The fourth-order valence-electron chi connectivity index (χ4n) is 2.66. The first kappa shape index (κ1) is 11.9. The van der Waals surface area contributed by atoms with Gasteiger partial charge in [-0.05, 0) is 39.3 Å². The molecule has 0 aromatic heterocycles. The van der Waals surface area contributed by atoms with Crippen molar-refractivity contribution in [1.82, 2.24) is 15.1 Å². The van der Waals surface area contributed by atoms with Crippen molar-refractivity contribution in [1.29, 1.82) is 0 Å². The lowest BCUT2D eigenvalue weighted by atomic mass is 10.2. The number of rotatable bonds is 4. The number of nitrogens with zero attached hydrogens (tertiary/aromatic N) is 2. The van der Waals surface area contributed by atoms with Gasteiger partial charge in [-0.1, -0.05) is 0 Å². The molecule has 2 aliphatic heterocycles. The molecule has 1 atom stereocenters.